The van der Waals surface area contributed by atoms with E-state index in [1.54, 1.807) is 0 Å². The van der Waals surface area contributed by atoms with Crippen molar-refractivity contribution in [3.05, 3.63) is 205 Å². The summed E-state index contributed by atoms with van der Waals surface area (Å²) in [6, 6.07) is 64.4. The van der Waals surface area contributed by atoms with Crippen LogP contribution in [0, 0.1) is 0 Å². The van der Waals surface area contributed by atoms with Gasteiger partial charge < -0.3 is 5.32 Å². The summed E-state index contributed by atoms with van der Waals surface area (Å²) >= 11 is 0. The van der Waals surface area contributed by atoms with Crippen LogP contribution in [-0.2, 0) is 6.42 Å². The molecule has 1 aliphatic heterocycles. The SMILES string of the molecule is CCc1nc2ccccc2n1-c1cccc(-c2cccc(-c3cccc(C4N=C(c5cccc6ccccc56)N=C(c5cccc6ccccc56)N4)c3)c2)c1. The molecule has 1 atom stereocenters. The fraction of sp³-hybridized carbons (Fsp3) is 0.0600. The van der Waals surface area contributed by atoms with Gasteiger partial charge in [-0.15, -0.1) is 0 Å². The molecule has 1 aromatic heterocycles. The molecule has 0 bridgehead atoms. The van der Waals surface area contributed by atoms with Gasteiger partial charge in [0, 0.05) is 23.2 Å². The molecule has 9 aromatic rings. The second-order valence-corrected chi connectivity index (χ2v) is 14.0. The van der Waals surface area contributed by atoms with Crippen molar-refractivity contribution in [3.8, 4) is 27.9 Å². The Labute approximate surface area is 320 Å². The Balaban J connectivity index is 1.04. The quantitative estimate of drug-likeness (QED) is 0.179. The fourth-order valence-electron chi connectivity index (χ4n) is 7.92. The third-order valence-corrected chi connectivity index (χ3v) is 10.6. The third kappa shape index (κ3) is 5.96. The van der Waals surface area contributed by atoms with E-state index in [0.29, 0.717) is 5.84 Å². The number of rotatable bonds is 7. The average molecular weight is 708 g/mol. The predicted molar refractivity (Wildman–Crippen MR) is 228 cm³/mol. The van der Waals surface area contributed by atoms with Gasteiger partial charge in [-0.05, 0) is 85.8 Å². The topological polar surface area (TPSA) is 54.6 Å². The van der Waals surface area contributed by atoms with Crippen LogP contribution in [0.2, 0.25) is 0 Å². The summed E-state index contributed by atoms with van der Waals surface area (Å²) in [4.78, 5) is 15.5. The maximum atomic E-state index is 5.31. The number of aliphatic imine (C=N–C) groups is 2. The van der Waals surface area contributed by atoms with Gasteiger partial charge in [-0.25, -0.2) is 15.0 Å². The number of fused-ring (bicyclic) bond motifs is 3. The number of aryl methyl sites for hydroxylation is 1. The first kappa shape index (κ1) is 32.5. The zero-order chi connectivity index (χ0) is 36.7. The van der Waals surface area contributed by atoms with Crippen molar-refractivity contribution in [1.29, 1.82) is 0 Å². The number of nitrogens with zero attached hydrogens (tertiary/aromatic N) is 4. The first-order valence-corrected chi connectivity index (χ1v) is 18.9. The maximum Gasteiger partial charge on any atom is 0.160 e. The lowest BCUT2D eigenvalue weighted by Gasteiger charge is -2.25. The fourth-order valence-corrected chi connectivity index (χ4v) is 7.92. The molecule has 0 spiro atoms. The lowest BCUT2D eigenvalue weighted by atomic mass is 9.97. The molecule has 262 valence electrons. The van der Waals surface area contributed by atoms with E-state index in [1.165, 1.54) is 5.39 Å². The largest absolute Gasteiger partial charge is 0.344 e. The minimum Gasteiger partial charge on any atom is -0.344 e. The number of aromatic nitrogens is 2. The number of hydrogen-bond acceptors (Lipinski definition) is 4. The van der Waals surface area contributed by atoms with E-state index in [1.807, 2.05) is 6.07 Å². The van der Waals surface area contributed by atoms with Crippen molar-refractivity contribution in [1.82, 2.24) is 14.9 Å². The van der Waals surface area contributed by atoms with Gasteiger partial charge >= 0.3 is 0 Å². The highest BCUT2D eigenvalue weighted by molar-refractivity contribution is 6.20. The molecule has 2 heterocycles. The maximum absolute atomic E-state index is 5.31. The molecular weight excluding hydrogens is 671 g/mol. The van der Waals surface area contributed by atoms with Crippen LogP contribution >= 0.6 is 0 Å². The monoisotopic (exact) mass is 707 g/mol. The Morgan fingerprint density at radius 3 is 1.89 bits per heavy atom. The number of nitrogens with one attached hydrogen (secondary N) is 1. The van der Waals surface area contributed by atoms with Gasteiger partial charge in [-0.2, -0.15) is 0 Å². The van der Waals surface area contributed by atoms with Gasteiger partial charge in [0.25, 0.3) is 0 Å². The first-order valence-electron chi connectivity index (χ1n) is 18.9. The highest BCUT2D eigenvalue weighted by Crippen LogP contribution is 2.33. The molecule has 0 amide bonds. The van der Waals surface area contributed by atoms with E-state index in [9.17, 15) is 0 Å². The molecule has 0 saturated heterocycles. The summed E-state index contributed by atoms with van der Waals surface area (Å²) < 4.78 is 2.28. The van der Waals surface area contributed by atoms with Crippen molar-refractivity contribution >= 4 is 44.2 Å². The van der Waals surface area contributed by atoms with E-state index in [0.717, 1.165) is 89.9 Å². The first-order chi connectivity index (χ1) is 27.2. The lowest BCUT2D eigenvalue weighted by molar-refractivity contribution is 0.675. The molecular formula is C50H37N5. The Bertz CT molecular complexity index is 2960. The normalized spacial score (nSPS) is 14.2. The number of benzene rings is 8. The van der Waals surface area contributed by atoms with Crippen molar-refractivity contribution < 1.29 is 0 Å². The summed E-state index contributed by atoms with van der Waals surface area (Å²) in [7, 11) is 0. The van der Waals surface area contributed by atoms with Crippen molar-refractivity contribution in [2.45, 2.75) is 19.5 Å². The summed E-state index contributed by atoms with van der Waals surface area (Å²) in [5.74, 6) is 2.58. The molecule has 1 N–H and O–H groups in total. The van der Waals surface area contributed by atoms with Crippen LogP contribution in [0.1, 0.15) is 35.6 Å². The molecule has 1 unspecified atom stereocenters. The molecule has 0 radical (unpaired) electrons. The standard InChI is InChI=1S/C50H37N5/c1-2-47-51-45-28-7-8-29-46(45)55(47)40-23-11-21-38(32-40)36-19-9-18-35(30-36)37-20-10-22-39(31-37)48-52-49(43-26-12-16-33-14-3-5-24-41(33)43)54-50(53-48)44-27-13-17-34-15-4-6-25-42(34)44/h3-32,48H,2H2,1H3,(H,52,53,54). The molecule has 0 fully saturated rings. The van der Waals surface area contributed by atoms with Crippen LogP contribution < -0.4 is 5.32 Å². The molecule has 8 aromatic carbocycles. The van der Waals surface area contributed by atoms with Crippen LogP contribution in [0.5, 0.6) is 0 Å². The summed E-state index contributed by atoms with van der Waals surface area (Å²) in [5, 5.41) is 8.36. The molecule has 5 nitrogen and oxygen atoms in total. The van der Waals surface area contributed by atoms with Gasteiger partial charge in [0.05, 0.1) is 11.0 Å². The zero-order valence-electron chi connectivity index (χ0n) is 30.4. The smallest absolute Gasteiger partial charge is 0.160 e. The molecule has 5 heteroatoms. The second kappa shape index (κ2) is 13.7. The van der Waals surface area contributed by atoms with Crippen LogP contribution in [-0.4, -0.2) is 21.2 Å². The Hall–Kier alpha value is -7.11. The Morgan fingerprint density at radius 1 is 0.545 bits per heavy atom. The van der Waals surface area contributed by atoms with Crippen LogP contribution in [0.15, 0.2) is 192 Å². The third-order valence-electron chi connectivity index (χ3n) is 10.6. The van der Waals surface area contributed by atoms with Gasteiger partial charge in [-0.3, -0.25) is 4.57 Å². The van der Waals surface area contributed by atoms with Crippen LogP contribution in [0.4, 0.5) is 0 Å². The molecule has 10 rings (SSSR count). The van der Waals surface area contributed by atoms with E-state index in [-0.39, 0.29) is 6.17 Å². The molecule has 0 saturated carbocycles. The van der Waals surface area contributed by atoms with E-state index in [2.05, 4.69) is 193 Å². The van der Waals surface area contributed by atoms with E-state index < -0.39 is 0 Å². The van der Waals surface area contributed by atoms with Gasteiger partial charge in [0.15, 0.2) is 5.84 Å². The number of amidine groups is 2. The molecule has 55 heavy (non-hydrogen) atoms. The van der Waals surface area contributed by atoms with Crippen LogP contribution in [0.25, 0.3) is 60.5 Å². The zero-order valence-corrected chi connectivity index (χ0v) is 30.4. The Morgan fingerprint density at radius 2 is 1.13 bits per heavy atom. The predicted octanol–water partition coefficient (Wildman–Crippen LogP) is 11.7. The van der Waals surface area contributed by atoms with Crippen molar-refractivity contribution in [3.63, 3.8) is 0 Å². The van der Waals surface area contributed by atoms with Crippen molar-refractivity contribution in [2.24, 2.45) is 9.98 Å². The minimum atomic E-state index is -0.349. The van der Waals surface area contributed by atoms with Crippen LogP contribution in [0.3, 0.4) is 0 Å². The van der Waals surface area contributed by atoms with Gasteiger partial charge in [0.2, 0.25) is 0 Å². The Kier molecular flexibility index (Phi) is 8.11. The van der Waals surface area contributed by atoms with Gasteiger partial charge in [-0.1, -0.05) is 153 Å². The number of para-hydroxylation sites is 2. The minimum absolute atomic E-state index is 0.349. The van der Waals surface area contributed by atoms with E-state index >= 15 is 0 Å². The highest BCUT2D eigenvalue weighted by Gasteiger charge is 2.23. The number of imidazole rings is 1. The second-order valence-electron chi connectivity index (χ2n) is 14.0. The van der Waals surface area contributed by atoms with Crippen molar-refractivity contribution in [2.75, 3.05) is 0 Å². The summed E-state index contributed by atoms with van der Waals surface area (Å²) in [5.41, 5.74) is 11.0. The average Bonchev–Trinajstić information content (AvgIpc) is 3.65. The summed E-state index contributed by atoms with van der Waals surface area (Å²) in [6.07, 6.45) is 0.501. The molecule has 1 aliphatic rings. The highest BCUT2D eigenvalue weighted by atomic mass is 15.2. The summed E-state index contributed by atoms with van der Waals surface area (Å²) in [6.45, 7) is 2.16. The molecule has 0 aliphatic carbocycles. The lowest BCUT2D eigenvalue weighted by Crippen LogP contribution is -2.33. The number of hydrogen-bond donors (Lipinski definition) is 1. The van der Waals surface area contributed by atoms with Gasteiger partial charge in [0.1, 0.15) is 17.8 Å². The van der Waals surface area contributed by atoms with E-state index in [4.69, 9.17) is 15.0 Å².